The number of aromatic nitrogens is 2. The number of amides is 1. The normalized spacial score (nSPS) is 15.2. The lowest BCUT2D eigenvalue weighted by atomic mass is 10.0. The second kappa shape index (κ2) is 12.9. The average molecular weight is 591 g/mol. The number of carboxylic acid groups (broad SMARTS) is 1. The van der Waals surface area contributed by atoms with Gasteiger partial charge in [-0.3, -0.25) is 9.59 Å². The summed E-state index contributed by atoms with van der Waals surface area (Å²) < 4.78 is 0. The van der Waals surface area contributed by atoms with E-state index in [2.05, 4.69) is 25.8 Å². The minimum absolute atomic E-state index is 0.247. The van der Waals surface area contributed by atoms with Crippen LogP contribution in [0.1, 0.15) is 52.0 Å². The van der Waals surface area contributed by atoms with Crippen molar-refractivity contribution in [3.05, 3.63) is 56.3 Å². The minimum atomic E-state index is -0.947. The highest BCUT2D eigenvalue weighted by Gasteiger charge is 2.26. The van der Waals surface area contributed by atoms with Crippen LogP contribution in [0.2, 0.25) is 0 Å². The Morgan fingerprint density at radius 3 is 2.12 bits per heavy atom. The van der Waals surface area contributed by atoms with Gasteiger partial charge in [0.1, 0.15) is 23.0 Å². The molecular weight excluding hydrogens is 548 g/mol. The maximum absolute atomic E-state index is 12.3. The van der Waals surface area contributed by atoms with Crippen molar-refractivity contribution in [2.45, 2.75) is 58.4 Å². The van der Waals surface area contributed by atoms with E-state index in [4.69, 9.17) is 9.97 Å². The zero-order chi connectivity index (χ0) is 30.6. The Balaban J connectivity index is 1.16. The van der Waals surface area contributed by atoms with Gasteiger partial charge in [0.2, 0.25) is 5.95 Å². The highest BCUT2D eigenvalue weighted by molar-refractivity contribution is 5.78. The molecule has 0 aliphatic carbocycles. The lowest BCUT2D eigenvalue weighted by molar-refractivity contribution is 0.101. The van der Waals surface area contributed by atoms with Crippen LogP contribution >= 0.6 is 0 Å². The summed E-state index contributed by atoms with van der Waals surface area (Å²) in [6, 6.07) is 9.42. The minimum Gasteiger partial charge on any atom is -0.465 e. The van der Waals surface area contributed by atoms with Crippen LogP contribution in [0.5, 0.6) is 0 Å². The second-order valence-electron chi connectivity index (χ2n) is 12.2. The molecule has 0 spiro atoms. The van der Waals surface area contributed by atoms with Gasteiger partial charge >= 0.3 is 6.09 Å². The Kier molecular flexibility index (Phi) is 9.02. The molecule has 2 saturated heterocycles. The Bertz CT molecular complexity index is 1450. The average Bonchev–Trinajstić information content (AvgIpc) is 3.71. The van der Waals surface area contributed by atoms with E-state index in [9.17, 15) is 19.5 Å². The van der Waals surface area contributed by atoms with E-state index in [1.165, 1.54) is 17.7 Å². The van der Waals surface area contributed by atoms with E-state index in [0.29, 0.717) is 31.7 Å². The maximum Gasteiger partial charge on any atom is 0.407 e. The number of benzene rings is 1. The highest BCUT2D eigenvalue weighted by Crippen LogP contribution is 2.26. The molecule has 43 heavy (non-hydrogen) atoms. The molecule has 0 atom stereocenters. The first-order chi connectivity index (χ1) is 20.6. The van der Waals surface area contributed by atoms with Crippen molar-refractivity contribution in [3.8, 4) is 0 Å². The molecule has 2 aliphatic heterocycles. The van der Waals surface area contributed by atoms with Crippen molar-refractivity contribution in [2.24, 2.45) is 0 Å². The number of rotatable bonds is 12. The molecule has 2 aromatic carbocycles. The van der Waals surface area contributed by atoms with Crippen molar-refractivity contribution in [1.29, 1.82) is 0 Å². The summed E-state index contributed by atoms with van der Waals surface area (Å²) in [6.45, 7) is 10.8. The standard InChI is InChI=1S/C31H42N8O4/c1-31(2,3)39(30(42)43)19-12-21-8-10-22(11-9-21)34-26-25(27(40)28(26)41)33-14-13-32-23-20-24(37-15-4-5-16-37)36-29(35-23)38-17-6-7-18-38/h8-11,20,33-34H,4-7,12-19H2,1-3H3,(H,42,43)(H,32,35,36). The Morgan fingerprint density at radius 1 is 0.884 bits per heavy atom. The van der Waals surface area contributed by atoms with Crippen molar-refractivity contribution in [1.82, 2.24) is 14.9 Å². The van der Waals surface area contributed by atoms with Crippen molar-refractivity contribution in [3.63, 3.8) is 0 Å². The van der Waals surface area contributed by atoms with E-state index >= 15 is 0 Å². The largest absolute Gasteiger partial charge is 0.465 e. The van der Waals surface area contributed by atoms with Crippen LogP contribution < -0.4 is 36.6 Å². The maximum atomic E-state index is 12.3. The number of anilines is 6. The van der Waals surface area contributed by atoms with Crippen LogP contribution in [0.3, 0.4) is 0 Å². The molecule has 0 radical (unpaired) electrons. The van der Waals surface area contributed by atoms with E-state index in [1.54, 1.807) is 0 Å². The molecule has 2 aliphatic rings. The fraction of sp³-hybridized carbons (Fsp3) is 0.516. The zero-order valence-corrected chi connectivity index (χ0v) is 25.3. The number of hydrogen-bond acceptors (Lipinski definition) is 10. The van der Waals surface area contributed by atoms with Crippen LogP contribution in [0.15, 0.2) is 39.9 Å². The number of nitrogens with zero attached hydrogens (tertiary/aromatic N) is 5. The van der Waals surface area contributed by atoms with Gasteiger partial charge in [-0.05, 0) is 70.6 Å². The van der Waals surface area contributed by atoms with Crippen LogP contribution in [0.25, 0.3) is 0 Å². The Hall–Kier alpha value is -4.35. The molecule has 12 nitrogen and oxygen atoms in total. The fourth-order valence-corrected chi connectivity index (χ4v) is 5.59. The zero-order valence-electron chi connectivity index (χ0n) is 25.3. The van der Waals surface area contributed by atoms with Crippen LogP contribution in [-0.4, -0.2) is 77.4 Å². The van der Waals surface area contributed by atoms with Gasteiger partial charge < -0.3 is 35.8 Å². The predicted octanol–water partition coefficient (Wildman–Crippen LogP) is 3.86. The quantitative estimate of drug-likeness (QED) is 0.180. The summed E-state index contributed by atoms with van der Waals surface area (Å²) in [4.78, 5) is 51.8. The predicted molar refractivity (Wildman–Crippen MR) is 171 cm³/mol. The molecule has 3 aromatic rings. The van der Waals surface area contributed by atoms with Gasteiger partial charge in [-0.15, -0.1) is 0 Å². The first kappa shape index (κ1) is 30.1. The van der Waals surface area contributed by atoms with Gasteiger partial charge in [-0.25, -0.2) is 4.79 Å². The first-order valence-electron chi connectivity index (χ1n) is 15.2. The lowest BCUT2D eigenvalue weighted by Gasteiger charge is -2.33. The van der Waals surface area contributed by atoms with Crippen LogP contribution in [0.4, 0.5) is 39.4 Å². The molecule has 3 heterocycles. The van der Waals surface area contributed by atoms with E-state index < -0.39 is 22.5 Å². The highest BCUT2D eigenvalue weighted by atomic mass is 16.4. The third kappa shape index (κ3) is 7.18. The van der Waals surface area contributed by atoms with E-state index in [0.717, 1.165) is 62.2 Å². The summed E-state index contributed by atoms with van der Waals surface area (Å²) in [5, 5.41) is 19.0. The van der Waals surface area contributed by atoms with Gasteiger partial charge in [-0.2, -0.15) is 9.97 Å². The van der Waals surface area contributed by atoms with E-state index in [-0.39, 0.29) is 11.4 Å². The molecule has 0 saturated carbocycles. The summed E-state index contributed by atoms with van der Waals surface area (Å²) in [5.41, 5.74) is 0.591. The molecular formula is C31H42N8O4. The summed E-state index contributed by atoms with van der Waals surface area (Å²) in [7, 11) is 0. The number of hydrogen-bond donors (Lipinski definition) is 4. The van der Waals surface area contributed by atoms with Gasteiger partial charge in [0.25, 0.3) is 10.9 Å². The van der Waals surface area contributed by atoms with Gasteiger partial charge in [0.05, 0.1) is 0 Å². The molecule has 230 valence electrons. The number of nitrogens with one attached hydrogen (secondary N) is 3. The Labute approximate surface area is 251 Å². The summed E-state index contributed by atoms with van der Waals surface area (Å²) in [6.07, 6.45) is 4.25. The monoisotopic (exact) mass is 590 g/mol. The van der Waals surface area contributed by atoms with Crippen molar-refractivity contribution >= 4 is 40.7 Å². The second-order valence-corrected chi connectivity index (χ2v) is 12.2. The topological polar surface area (TPSA) is 143 Å². The third-order valence-electron chi connectivity index (χ3n) is 8.05. The number of carbonyl (C=O) groups is 1. The van der Waals surface area contributed by atoms with Crippen molar-refractivity contribution in [2.75, 3.05) is 71.6 Å². The van der Waals surface area contributed by atoms with Gasteiger partial charge in [0, 0.05) is 63.1 Å². The fourth-order valence-electron chi connectivity index (χ4n) is 5.59. The lowest BCUT2D eigenvalue weighted by Crippen LogP contribution is -2.45. The molecule has 12 heteroatoms. The van der Waals surface area contributed by atoms with Crippen molar-refractivity contribution < 1.29 is 9.90 Å². The molecule has 0 unspecified atom stereocenters. The van der Waals surface area contributed by atoms with Gasteiger partial charge in [0.15, 0.2) is 0 Å². The van der Waals surface area contributed by atoms with Crippen LogP contribution in [-0.2, 0) is 6.42 Å². The summed E-state index contributed by atoms with van der Waals surface area (Å²) >= 11 is 0. The van der Waals surface area contributed by atoms with Gasteiger partial charge in [-0.1, -0.05) is 12.1 Å². The molecule has 2 fully saturated rings. The molecule has 1 aromatic heterocycles. The molecule has 1 amide bonds. The third-order valence-corrected chi connectivity index (χ3v) is 8.05. The summed E-state index contributed by atoms with van der Waals surface area (Å²) in [5.74, 6) is 2.45. The first-order valence-corrected chi connectivity index (χ1v) is 15.2. The smallest absolute Gasteiger partial charge is 0.407 e. The SMILES string of the molecule is CC(C)(C)N(CCc1ccc(Nc2c(NCCNc3cc(N4CCCC4)nc(N4CCCC4)n3)c(=O)c2=O)cc1)C(=O)O. The molecule has 4 N–H and O–H groups in total. The van der Waals surface area contributed by atoms with Crippen LogP contribution in [0, 0.1) is 0 Å². The Morgan fingerprint density at radius 2 is 1.49 bits per heavy atom. The molecule has 5 rings (SSSR count). The van der Waals surface area contributed by atoms with E-state index in [1.807, 2.05) is 51.1 Å². The molecule has 0 bridgehead atoms.